The molecule has 11 rings (SSSR count). The van der Waals surface area contributed by atoms with Crippen molar-refractivity contribution in [2.24, 2.45) is 0 Å². The first-order valence-electron chi connectivity index (χ1n) is 16.9. The van der Waals surface area contributed by atoms with Gasteiger partial charge in [0.05, 0.1) is 33.1 Å². The van der Waals surface area contributed by atoms with E-state index in [9.17, 15) is 0 Å². The molecule has 0 saturated carbocycles. The highest BCUT2D eigenvalue weighted by molar-refractivity contribution is 6.23. The van der Waals surface area contributed by atoms with Crippen LogP contribution in [0.2, 0.25) is 0 Å². The van der Waals surface area contributed by atoms with Crippen molar-refractivity contribution in [2.75, 3.05) is 0 Å². The Morgan fingerprint density at radius 3 is 1.37 bits per heavy atom. The van der Waals surface area contributed by atoms with E-state index in [2.05, 4.69) is 190 Å². The fourth-order valence-corrected chi connectivity index (χ4v) is 8.33. The van der Waals surface area contributed by atoms with Crippen molar-refractivity contribution >= 4 is 76.2 Å². The van der Waals surface area contributed by atoms with Gasteiger partial charge in [0.2, 0.25) is 0 Å². The van der Waals surface area contributed by atoms with Gasteiger partial charge in [-0.1, -0.05) is 103 Å². The van der Waals surface area contributed by atoms with Gasteiger partial charge in [0, 0.05) is 54.8 Å². The minimum absolute atomic E-state index is 1.16. The lowest BCUT2D eigenvalue weighted by Gasteiger charge is -2.12. The lowest BCUT2D eigenvalue weighted by Crippen LogP contribution is -1.96. The zero-order valence-electron chi connectivity index (χ0n) is 26.6. The van der Waals surface area contributed by atoms with Crippen LogP contribution in [0.3, 0.4) is 0 Å². The smallest absolute Gasteiger partial charge is 0.0619 e. The summed E-state index contributed by atoms with van der Waals surface area (Å²) < 4.78 is 7.28. The minimum Gasteiger partial charge on any atom is -0.309 e. The molecular formula is C46H29N3. The van der Waals surface area contributed by atoms with Gasteiger partial charge in [0.25, 0.3) is 0 Å². The van der Waals surface area contributed by atoms with Crippen LogP contribution in [0.4, 0.5) is 0 Å². The Bertz CT molecular complexity index is 3090. The lowest BCUT2D eigenvalue weighted by molar-refractivity contribution is 1.17. The number of aromatic nitrogens is 3. The molecule has 11 aromatic rings. The van der Waals surface area contributed by atoms with Gasteiger partial charge in [-0.3, -0.25) is 0 Å². The average Bonchev–Trinajstić information content (AvgIpc) is 3.80. The Kier molecular flexibility index (Phi) is 5.38. The summed E-state index contributed by atoms with van der Waals surface area (Å²) in [7, 11) is 0. The molecule has 0 bridgehead atoms. The zero-order chi connectivity index (χ0) is 32.1. The fourth-order valence-electron chi connectivity index (χ4n) is 8.33. The van der Waals surface area contributed by atoms with E-state index in [1.165, 1.54) is 87.6 Å². The second-order valence-electron chi connectivity index (χ2n) is 13.0. The predicted octanol–water partition coefficient (Wildman–Crippen LogP) is 12.1. The molecule has 0 radical (unpaired) electrons. The van der Waals surface area contributed by atoms with Crippen molar-refractivity contribution in [1.29, 1.82) is 0 Å². The highest BCUT2D eigenvalue weighted by Gasteiger charge is 2.20. The summed E-state index contributed by atoms with van der Waals surface area (Å²) >= 11 is 0. The molecular weight excluding hydrogens is 595 g/mol. The fraction of sp³-hybridized carbons (Fsp3) is 0. The standard InChI is InChI=1S/C46H29N3/c1-3-13-31(14-4-1)47-41-20-10-8-18-35(41)39-28-33(24-26-44(39)47)49-43-22-12-7-17-34(43)37-25-23-30-27-45-40(29-38(30)46(37)49)36-19-9-11-21-42(36)48(45)32-15-5-2-6-16-32/h1-29H. The quantitative estimate of drug-likeness (QED) is 0.186. The molecule has 0 amide bonds. The SMILES string of the molecule is c1ccc(-n2c3ccccc3c3cc(-n4c5ccccc5c5ccc6cc7c(cc6c54)c4ccccc4n7-c4ccccc4)ccc32)cc1. The molecule has 0 aliphatic carbocycles. The van der Waals surface area contributed by atoms with E-state index in [1.807, 2.05) is 0 Å². The van der Waals surface area contributed by atoms with E-state index in [4.69, 9.17) is 0 Å². The average molecular weight is 624 g/mol. The van der Waals surface area contributed by atoms with Gasteiger partial charge in [0.1, 0.15) is 0 Å². The van der Waals surface area contributed by atoms with Crippen molar-refractivity contribution in [3.05, 3.63) is 176 Å². The Labute approximate surface area is 282 Å². The molecule has 0 aliphatic heterocycles. The number of benzene rings is 8. The van der Waals surface area contributed by atoms with Crippen LogP contribution in [-0.4, -0.2) is 13.7 Å². The molecule has 3 aromatic heterocycles. The molecule has 3 heterocycles. The van der Waals surface area contributed by atoms with E-state index in [0.29, 0.717) is 0 Å². The molecule has 49 heavy (non-hydrogen) atoms. The van der Waals surface area contributed by atoms with E-state index in [-0.39, 0.29) is 0 Å². The van der Waals surface area contributed by atoms with Crippen molar-refractivity contribution in [3.63, 3.8) is 0 Å². The van der Waals surface area contributed by atoms with Crippen molar-refractivity contribution in [2.45, 2.75) is 0 Å². The van der Waals surface area contributed by atoms with Gasteiger partial charge in [-0.05, 0) is 78.2 Å². The molecule has 0 fully saturated rings. The highest BCUT2D eigenvalue weighted by atomic mass is 15.0. The highest BCUT2D eigenvalue weighted by Crippen LogP contribution is 2.42. The summed E-state index contributed by atoms with van der Waals surface area (Å²) in [6.45, 7) is 0. The van der Waals surface area contributed by atoms with Crippen molar-refractivity contribution < 1.29 is 0 Å². The summed E-state index contributed by atoms with van der Waals surface area (Å²) in [5, 5.41) is 10.0. The topological polar surface area (TPSA) is 14.8 Å². The molecule has 0 aliphatic rings. The summed E-state index contributed by atoms with van der Waals surface area (Å²) in [6, 6.07) is 64.2. The monoisotopic (exact) mass is 623 g/mol. The third-order valence-electron chi connectivity index (χ3n) is 10.4. The molecule has 0 atom stereocenters. The Morgan fingerprint density at radius 2 is 0.735 bits per heavy atom. The largest absolute Gasteiger partial charge is 0.309 e. The Hall–Kier alpha value is -6.58. The van der Waals surface area contributed by atoms with Gasteiger partial charge in [-0.15, -0.1) is 0 Å². The summed E-state index contributed by atoms with van der Waals surface area (Å²) in [6.07, 6.45) is 0. The molecule has 0 spiro atoms. The number of rotatable bonds is 3. The number of hydrogen-bond acceptors (Lipinski definition) is 0. The normalized spacial score (nSPS) is 12.1. The van der Waals surface area contributed by atoms with Crippen LogP contribution in [0.15, 0.2) is 176 Å². The summed E-state index contributed by atoms with van der Waals surface area (Å²) in [5.41, 5.74) is 10.8. The first kappa shape index (κ1) is 26.5. The first-order chi connectivity index (χ1) is 24.3. The number of para-hydroxylation sites is 5. The van der Waals surface area contributed by atoms with Crippen LogP contribution in [0.25, 0.3) is 93.3 Å². The van der Waals surface area contributed by atoms with Crippen LogP contribution >= 0.6 is 0 Å². The molecule has 3 nitrogen and oxygen atoms in total. The maximum absolute atomic E-state index is 2.49. The maximum Gasteiger partial charge on any atom is 0.0619 e. The summed E-state index contributed by atoms with van der Waals surface area (Å²) in [5.74, 6) is 0. The molecule has 228 valence electrons. The number of nitrogens with zero attached hydrogens (tertiary/aromatic N) is 3. The lowest BCUT2D eigenvalue weighted by atomic mass is 10.0. The van der Waals surface area contributed by atoms with Crippen molar-refractivity contribution in [1.82, 2.24) is 13.7 Å². The van der Waals surface area contributed by atoms with Gasteiger partial charge in [-0.2, -0.15) is 0 Å². The van der Waals surface area contributed by atoms with E-state index < -0.39 is 0 Å². The van der Waals surface area contributed by atoms with Crippen LogP contribution in [-0.2, 0) is 0 Å². The second-order valence-corrected chi connectivity index (χ2v) is 13.0. The van der Waals surface area contributed by atoms with Crippen LogP contribution in [0.1, 0.15) is 0 Å². The van der Waals surface area contributed by atoms with Gasteiger partial charge < -0.3 is 13.7 Å². The number of fused-ring (bicyclic) bond motifs is 11. The maximum atomic E-state index is 2.49. The van der Waals surface area contributed by atoms with Crippen LogP contribution in [0, 0.1) is 0 Å². The van der Waals surface area contributed by atoms with Gasteiger partial charge >= 0.3 is 0 Å². The molecule has 0 unspecified atom stereocenters. The third kappa shape index (κ3) is 3.67. The molecule has 0 N–H and O–H groups in total. The van der Waals surface area contributed by atoms with Crippen molar-refractivity contribution in [3.8, 4) is 17.1 Å². The zero-order valence-corrected chi connectivity index (χ0v) is 26.6. The third-order valence-corrected chi connectivity index (χ3v) is 10.4. The Morgan fingerprint density at radius 1 is 0.245 bits per heavy atom. The van der Waals surface area contributed by atoms with E-state index in [0.717, 1.165) is 5.69 Å². The second kappa shape index (κ2) is 9.96. The summed E-state index contributed by atoms with van der Waals surface area (Å²) in [4.78, 5) is 0. The molecule has 8 aromatic carbocycles. The minimum atomic E-state index is 1.16. The van der Waals surface area contributed by atoms with Crippen LogP contribution in [0.5, 0.6) is 0 Å². The Balaban J connectivity index is 1.26. The van der Waals surface area contributed by atoms with E-state index >= 15 is 0 Å². The first-order valence-corrected chi connectivity index (χ1v) is 16.9. The van der Waals surface area contributed by atoms with Crippen LogP contribution < -0.4 is 0 Å². The molecule has 0 saturated heterocycles. The predicted molar refractivity (Wildman–Crippen MR) is 207 cm³/mol. The van der Waals surface area contributed by atoms with Gasteiger partial charge in [0.15, 0.2) is 0 Å². The molecule has 3 heteroatoms. The number of hydrogen-bond donors (Lipinski definition) is 0. The van der Waals surface area contributed by atoms with Gasteiger partial charge in [-0.25, -0.2) is 0 Å². The van der Waals surface area contributed by atoms with E-state index in [1.54, 1.807) is 0 Å².